The molecular formula is C16H19NO. The lowest BCUT2D eigenvalue weighted by Crippen LogP contribution is -2.31. The number of nitrogens with zero attached hydrogens (tertiary/aromatic N) is 1. The highest BCUT2D eigenvalue weighted by Crippen LogP contribution is 2.15. The molecule has 0 aliphatic rings. The van der Waals surface area contributed by atoms with E-state index in [1.165, 1.54) is 5.56 Å². The van der Waals surface area contributed by atoms with E-state index in [4.69, 9.17) is 4.74 Å². The van der Waals surface area contributed by atoms with E-state index < -0.39 is 0 Å². The standard InChI is InChI=1S/C16H19NO/c1-14(17(2)16-11-7-4-8-12-16)18-13-15-9-5-3-6-10-15/h3-12,14H,13H2,1-2H3. The lowest BCUT2D eigenvalue weighted by atomic mass is 10.2. The zero-order valence-electron chi connectivity index (χ0n) is 10.9. The summed E-state index contributed by atoms with van der Waals surface area (Å²) in [5.74, 6) is 0. The second-order valence-electron chi connectivity index (χ2n) is 4.34. The van der Waals surface area contributed by atoms with Gasteiger partial charge in [0.05, 0.1) is 6.61 Å². The zero-order valence-corrected chi connectivity index (χ0v) is 10.9. The Morgan fingerprint density at radius 1 is 0.944 bits per heavy atom. The molecule has 0 heterocycles. The fraction of sp³-hybridized carbons (Fsp3) is 0.250. The van der Waals surface area contributed by atoms with Crippen LogP contribution in [0.15, 0.2) is 60.7 Å². The average molecular weight is 241 g/mol. The second kappa shape index (κ2) is 6.22. The molecule has 0 bridgehead atoms. The predicted molar refractivity (Wildman–Crippen MR) is 75.5 cm³/mol. The van der Waals surface area contributed by atoms with E-state index in [-0.39, 0.29) is 6.23 Å². The summed E-state index contributed by atoms with van der Waals surface area (Å²) < 4.78 is 5.87. The first-order valence-corrected chi connectivity index (χ1v) is 6.21. The van der Waals surface area contributed by atoms with E-state index >= 15 is 0 Å². The topological polar surface area (TPSA) is 12.5 Å². The third kappa shape index (κ3) is 3.34. The van der Waals surface area contributed by atoms with Crippen LogP contribution >= 0.6 is 0 Å². The summed E-state index contributed by atoms with van der Waals surface area (Å²) >= 11 is 0. The Balaban J connectivity index is 1.90. The van der Waals surface area contributed by atoms with Crippen molar-refractivity contribution < 1.29 is 4.74 Å². The summed E-state index contributed by atoms with van der Waals surface area (Å²) in [5, 5.41) is 0. The summed E-state index contributed by atoms with van der Waals surface area (Å²) in [4.78, 5) is 2.13. The molecule has 0 aliphatic heterocycles. The molecule has 0 aliphatic carbocycles. The normalized spacial score (nSPS) is 12.1. The molecule has 0 N–H and O–H groups in total. The van der Waals surface area contributed by atoms with Gasteiger partial charge in [-0.15, -0.1) is 0 Å². The van der Waals surface area contributed by atoms with E-state index in [1.54, 1.807) is 0 Å². The van der Waals surface area contributed by atoms with E-state index in [0.29, 0.717) is 6.61 Å². The maximum absolute atomic E-state index is 5.87. The highest BCUT2D eigenvalue weighted by Gasteiger charge is 2.09. The van der Waals surface area contributed by atoms with Crippen molar-refractivity contribution in [2.75, 3.05) is 11.9 Å². The van der Waals surface area contributed by atoms with Crippen LogP contribution in [0.2, 0.25) is 0 Å². The number of para-hydroxylation sites is 1. The van der Waals surface area contributed by atoms with Gasteiger partial charge in [-0.3, -0.25) is 0 Å². The van der Waals surface area contributed by atoms with Gasteiger partial charge in [-0.05, 0) is 24.6 Å². The minimum atomic E-state index is 0.0487. The fourth-order valence-electron chi connectivity index (χ4n) is 1.78. The van der Waals surface area contributed by atoms with Gasteiger partial charge in [-0.2, -0.15) is 0 Å². The first-order valence-electron chi connectivity index (χ1n) is 6.21. The smallest absolute Gasteiger partial charge is 0.127 e. The van der Waals surface area contributed by atoms with Crippen LogP contribution in [0.25, 0.3) is 0 Å². The molecule has 0 saturated heterocycles. The van der Waals surface area contributed by atoms with E-state index in [0.717, 1.165) is 5.69 Å². The van der Waals surface area contributed by atoms with Crippen molar-refractivity contribution in [3.63, 3.8) is 0 Å². The predicted octanol–water partition coefficient (Wildman–Crippen LogP) is 3.69. The van der Waals surface area contributed by atoms with E-state index in [1.807, 2.05) is 43.4 Å². The van der Waals surface area contributed by atoms with Crippen LogP contribution in [-0.2, 0) is 11.3 Å². The molecule has 0 aromatic heterocycles. The van der Waals surface area contributed by atoms with Crippen LogP contribution < -0.4 is 4.90 Å². The molecular weight excluding hydrogens is 222 g/mol. The quantitative estimate of drug-likeness (QED) is 0.740. The van der Waals surface area contributed by atoms with Crippen molar-refractivity contribution in [3.05, 3.63) is 66.2 Å². The highest BCUT2D eigenvalue weighted by molar-refractivity contribution is 5.45. The van der Waals surface area contributed by atoms with Crippen molar-refractivity contribution in [1.82, 2.24) is 0 Å². The van der Waals surface area contributed by atoms with Crippen molar-refractivity contribution >= 4 is 5.69 Å². The molecule has 0 amide bonds. The lowest BCUT2D eigenvalue weighted by molar-refractivity contribution is 0.0540. The van der Waals surface area contributed by atoms with Gasteiger partial charge >= 0.3 is 0 Å². The highest BCUT2D eigenvalue weighted by atomic mass is 16.5. The Bertz CT molecular complexity index is 455. The summed E-state index contributed by atoms with van der Waals surface area (Å²) in [6.45, 7) is 2.70. The van der Waals surface area contributed by atoms with Crippen LogP contribution in [0.5, 0.6) is 0 Å². The molecule has 1 unspecified atom stereocenters. The Morgan fingerprint density at radius 2 is 1.50 bits per heavy atom. The molecule has 0 spiro atoms. The van der Waals surface area contributed by atoms with Crippen LogP contribution in [0.4, 0.5) is 5.69 Å². The number of benzene rings is 2. The molecule has 18 heavy (non-hydrogen) atoms. The zero-order chi connectivity index (χ0) is 12.8. The van der Waals surface area contributed by atoms with Crippen LogP contribution in [0.1, 0.15) is 12.5 Å². The first kappa shape index (κ1) is 12.7. The lowest BCUT2D eigenvalue weighted by Gasteiger charge is -2.27. The SMILES string of the molecule is CC(OCc1ccccc1)N(C)c1ccccc1. The summed E-state index contributed by atoms with van der Waals surface area (Å²) in [5.41, 5.74) is 2.36. The minimum Gasteiger partial charge on any atom is -0.354 e. The van der Waals surface area contributed by atoms with Crippen molar-refractivity contribution in [3.8, 4) is 0 Å². The largest absolute Gasteiger partial charge is 0.354 e. The van der Waals surface area contributed by atoms with E-state index in [9.17, 15) is 0 Å². The van der Waals surface area contributed by atoms with E-state index in [2.05, 4.69) is 36.1 Å². The van der Waals surface area contributed by atoms with Gasteiger partial charge in [0.2, 0.25) is 0 Å². The maximum atomic E-state index is 5.87. The molecule has 0 saturated carbocycles. The summed E-state index contributed by atoms with van der Waals surface area (Å²) in [6, 6.07) is 20.5. The Kier molecular flexibility index (Phi) is 4.37. The van der Waals surface area contributed by atoms with Crippen LogP contribution in [-0.4, -0.2) is 13.3 Å². The monoisotopic (exact) mass is 241 g/mol. The molecule has 2 rings (SSSR count). The van der Waals surface area contributed by atoms with Crippen molar-refractivity contribution in [1.29, 1.82) is 0 Å². The third-order valence-electron chi connectivity index (χ3n) is 3.04. The minimum absolute atomic E-state index is 0.0487. The number of rotatable bonds is 5. The Hall–Kier alpha value is -1.80. The van der Waals surface area contributed by atoms with Gasteiger partial charge in [0.15, 0.2) is 0 Å². The summed E-state index contributed by atoms with van der Waals surface area (Å²) in [6.07, 6.45) is 0.0487. The fourth-order valence-corrected chi connectivity index (χ4v) is 1.78. The molecule has 0 radical (unpaired) electrons. The molecule has 94 valence electrons. The van der Waals surface area contributed by atoms with Crippen LogP contribution in [0, 0.1) is 0 Å². The third-order valence-corrected chi connectivity index (χ3v) is 3.04. The van der Waals surface area contributed by atoms with Gasteiger partial charge in [-0.25, -0.2) is 0 Å². The Labute approximate surface area is 109 Å². The van der Waals surface area contributed by atoms with Gasteiger partial charge in [-0.1, -0.05) is 48.5 Å². The average Bonchev–Trinajstić information content (AvgIpc) is 2.46. The summed E-state index contributed by atoms with van der Waals surface area (Å²) in [7, 11) is 2.05. The number of anilines is 1. The van der Waals surface area contributed by atoms with Gasteiger partial charge in [0.1, 0.15) is 6.23 Å². The second-order valence-corrected chi connectivity index (χ2v) is 4.34. The van der Waals surface area contributed by atoms with Crippen molar-refractivity contribution in [2.45, 2.75) is 19.8 Å². The molecule has 1 atom stereocenters. The Morgan fingerprint density at radius 3 is 2.11 bits per heavy atom. The van der Waals surface area contributed by atoms with Gasteiger partial charge in [0, 0.05) is 12.7 Å². The van der Waals surface area contributed by atoms with Gasteiger partial charge in [0.25, 0.3) is 0 Å². The molecule has 2 heteroatoms. The van der Waals surface area contributed by atoms with Crippen LogP contribution in [0.3, 0.4) is 0 Å². The molecule has 2 aromatic rings. The first-order chi connectivity index (χ1) is 8.77. The number of hydrogen-bond acceptors (Lipinski definition) is 2. The molecule has 2 aromatic carbocycles. The maximum Gasteiger partial charge on any atom is 0.127 e. The van der Waals surface area contributed by atoms with Crippen molar-refractivity contribution in [2.24, 2.45) is 0 Å². The molecule has 0 fully saturated rings. The molecule has 2 nitrogen and oxygen atoms in total. The number of hydrogen-bond donors (Lipinski definition) is 0. The van der Waals surface area contributed by atoms with Gasteiger partial charge < -0.3 is 9.64 Å². The number of ether oxygens (including phenoxy) is 1.